The molecule has 1 aromatic carbocycles. The first-order valence-electron chi connectivity index (χ1n) is 13.2. The summed E-state index contributed by atoms with van der Waals surface area (Å²) in [5.41, 5.74) is 0.0800. The summed E-state index contributed by atoms with van der Waals surface area (Å²) in [6.45, 7) is 4.40. The lowest BCUT2D eigenvalue weighted by atomic mass is 9.64. The fourth-order valence-electron chi connectivity index (χ4n) is 7.18. The minimum Gasteiger partial charge on any atom is -0.491 e. The summed E-state index contributed by atoms with van der Waals surface area (Å²) in [7, 11) is 0. The van der Waals surface area contributed by atoms with Gasteiger partial charge in [0, 0.05) is 0 Å². The summed E-state index contributed by atoms with van der Waals surface area (Å²) in [6, 6.07) is 3.23. The smallest absolute Gasteiger partial charge is 0.267 e. The van der Waals surface area contributed by atoms with Gasteiger partial charge in [-0.1, -0.05) is 25.8 Å². The Morgan fingerprint density at radius 1 is 0.781 bits per heavy atom. The zero-order valence-corrected chi connectivity index (χ0v) is 19.9. The maximum atomic E-state index is 14.7. The van der Waals surface area contributed by atoms with Gasteiger partial charge in [0.05, 0.1) is 12.2 Å². The summed E-state index contributed by atoms with van der Waals surface area (Å²) in [5, 5.41) is 0. The molecule has 1 nitrogen and oxygen atoms in total. The zero-order chi connectivity index (χ0) is 22.7. The highest BCUT2D eigenvalue weighted by atomic mass is 19.3. The highest BCUT2D eigenvalue weighted by molar-refractivity contribution is 5.40. The van der Waals surface area contributed by atoms with E-state index in [0.717, 1.165) is 55.3 Å². The van der Waals surface area contributed by atoms with Gasteiger partial charge in [0.15, 0.2) is 11.6 Å². The molecule has 32 heavy (non-hydrogen) atoms. The third-order valence-corrected chi connectivity index (χ3v) is 9.12. The van der Waals surface area contributed by atoms with Crippen LogP contribution in [-0.2, 0) is 0 Å². The topological polar surface area (TPSA) is 9.23 Å². The van der Waals surface area contributed by atoms with E-state index in [9.17, 15) is 13.2 Å². The monoisotopic (exact) mass is 450 g/mol. The molecule has 0 bridgehead atoms. The molecule has 3 aliphatic rings. The van der Waals surface area contributed by atoms with Crippen molar-refractivity contribution in [1.82, 2.24) is 0 Å². The number of benzene rings is 1. The molecular weight excluding hydrogens is 409 g/mol. The largest absolute Gasteiger partial charge is 0.491 e. The third-order valence-electron chi connectivity index (χ3n) is 9.12. The molecule has 0 unspecified atom stereocenters. The van der Waals surface area contributed by atoms with Crippen LogP contribution in [0.3, 0.4) is 0 Å². The molecule has 0 aromatic heterocycles. The van der Waals surface area contributed by atoms with Gasteiger partial charge in [0.25, 0.3) is 6.43 Å². The number of hydrogen-bond acceptors (Lipinski definition) is 1. The third kappa shape index (κ3) is 5.30. The van der Waals surface area contributed by atoms with E-state index in [2.05, 4.69) is 6.92 Å². The average Bonchev–Trinajstić information content (AvgIpc) is 2.81. The van der Waals surface area contributed by atoms with Crippen molar-refractivity contribution in [3.63, 3.8) is 0 Å². The van der Waals surface area contributed by atoms with Crippen molar-refractivity contribution in [3.8, 4) is 5.75 Å². The molecule has 0 amide bonds. The predicted molar refractivity (Wildman–Crippen MR) is 124 cm³/mol. The van der Waals surface area contributed by atoms with Gasteiger partial charge in [-0.25, -0.2) is 13.2 Å². The number of ether oxygens (including phenoxy) is 1. The lowest BCUT2D eigenvalue weighted by Crippen LogP contribution is -2.29. The van der Waals surface area contributed by atoms with E-state index in [1.165, 1.54) is 51.4 Å². The second kappa shape index (κ2) is 10.8. The number of halogens is 3. The summed E-state index contributed by atoms with van der Waals surface area (Å²) in [4.78, 5) is 0. The van der Waals surface area contributed by atoms with E-state index in [1.807, 2.05) is 0 Å². The van der Waals surface area contributed by atoms with Crippen LogP contribution in [0.1, 0.15) is 114 Å². The van der Waals surface area contributed by atoms with Crippen LogP contribution in [0.5, 0.6) is 5.75 Å². The van der Waals surface area contributed by atoms with Crippen LogP contribution in [0.2, 0.25) is 0 Å². The predicted octanol–water partition coefficient (Wildman–Crippen LogP) is 9.07. The van der Waals surface area contributed by atoms with Crippen molar-refractivity contribution in [3.05, 3.63) is 29.1 Å². The van der Waals surface area contributed by atoms with Crippen molar-refractivity contribution < 1.29 is 17.9 Å². The summed E-state index contributed by atoms with van der Waals surface area (Å²) in [6.07, 6.45) is 12.4. The molecule has 3 saturated carbocycles. The van der Waals surface area contributed by atoms with Gasteiger partial charge < -0.3 is 4.74 Å². The Kier molecular flexibility index (Phi) is 8.10. The first-order chi connectivity index (χ1) is 15.5. The van der Waals surface area contributed by atoms with Crippen LogP contribution in [-0.4, -0.2) is 6.61 Å². The van der Waals surface area contributed by atoms with E-state index in [1.54, 1.807) is 19.1 Å². The molecule has 0 saturated heterocycles. The highest BCUT2D eigenvalue weighted by Gasteiger charge is 2.35. The maximum absolute atomic E-state index is 14.7. The molecule has 3 fully saturated rings. The first-order valence-corrected chi connectivity index (χ1v) is 13.2. The summed E-state index contributed by atoms with van der Waals surface area (Å²) < 4.78 is 47.4. The molecular formula is C28H41F3O. The molecule has 4 heteroatoms. The number of hydrogen-bond donors (Lipinski definition) is 0. The summed E-state index contributed by atoms with van der Waals surface area (Å²) in [5.74, 6) is 3.48. The Labute approximate surface area is 192 Å². The molecule has 180 valence electrons. The van der Waals surface area contributed by atoms with Crippen molar-refractivity contribution >= 4 is 0 Å². The van der Waals surface area contributed by atoms with Gasteiger partial charge >= 0.3 is 0 Å². The van der Waals surface area contributed by atoms with Gasteiger partial charge in [0.2, 0.25) is 0 Å². The molecule has 4 rings (SSSR count). The van der Waals surface area contributed by atoms with Crippen LogP contribution in [0.15, 0.2) is 12.1 Å². The lowest BCUT2D eigenvalue weighted by molar-refractivity contribution is 0.111. The van der Waals surface area contributed by atoms with Crippen molar-refractivity contribution in [2.75, 3.05) is 6.61 Å². The van der Waals surface area contributed by atoms with Crippen LogP contribution in [0, 0.1) is 35.4 Å². The van der Waals surface area contributed by atoms with Crippen molar-refractivity contribution in [2.45, 2.75) is 103 Å². The Bertz CT molecular complexity index is 724. The molecule has 1 aromatic rings. The molecule has 0 spiro atoms. The molecule has 0 atom stereocenters. The van der Waals surface area contributed by atoms with Gasteiger partial charge in [-0.15, -0.1) is 0 Å². The Morgan fingerprint density at radius 3 is 1.72 bits per heavy atom. The molecule has 0 radical (unpaired) electrons. The van der Waals surface area contributed by atoms with Gasteiger partial charge in [-0.2, -0.15) is 0 Å². The van der Waals surface area contributed by atoms with Crippen LogP contribution >= 0.6 is 0 Å². The van der Waals surface area contributed by atoms with Gasteiger partial charge in [-0.3, -0.25) is 0 Å². The van der Waals surface area contributed by atoms with E-state index in [0.29, 0.717) is 5.56 Å². The van der Waals surface area contributed by atoms with Crippen LogP contribution < -0.4 is 4.74 Å². The molecule has 0 aliphatic heterocycles. The standard InChI is InChI=1S/C28H41F3O/c1-3-32-25-17-16-24(26(27(25)29)28(30)31)23-14-12-22(13-15-23)21-10-8-20(9-11-21)19-6-4-18(2)5-7-19/h16-23,28H,3-15H2,1-2H3. The van der Waals surface area contributed by atoms with E-state index in [4.69, 9.17) is 4.74 Å². The second-order valence-electron chi connectivity index (χ2n) is 10.9. The van der Waals surface area contributed by atoms with Crippen LogP contribution in [0.25, 0.3) is 0 Å². The number of alkyl halides is 2. The highest BCUT2D eigenvalue weighted by Crippen LogP contribution is 2.48. The van der Waals surface area contributed by atoms with E-state index < -0.39 is 17.8 Å². The minimum absolute atomic E-state index is 0.0426. The van der Waals surface area contributed by atoms with E-state index >= 15 is 0 Å². The molecule has 3 aliphatic carbocycles. The van der Waals surface area contributed by atoms with Gasteiger partial charge in [0.1, 0.15) is 0 Å². The zero-order valence-electron chi connectivity index (χ0n) is 19.9. The summed E-state index contributed by atoms with van der Waals surface area (Å²) >= 11 is 0. The SMILES string of the molecule is CCOc1ccc(C2CCC(C3CCC(C4CCC(C)CC4)CC3)CC2)c(C(F)F)c1F. The Morgan fingerprint density at radius 2 is 1.25 bits per heavy atom. The fourth-order valence-corrected chi connectivity index (χ4v) is 7.18. The van der Waals surface area contributed by atoms with E-state index in [-0.39, 0.29) is 18.3 Å². The molecule has 0 N–H and O–H groups in total. The van der Waals surface area contributed by atoms with Crippen LogP contribution in [0.4, 0.5) is 13.2 Å². The first kappa shape index (κ1) is 24.0. The maximum Gasteiger partial charge on any atom is 0.267 e. The quantitative estimate of drug-likeness (QED) is 0.420. The van der Waals surface area contributed by atoms with Crippen molar-refractivity contribution in [1.29, 1.82) is 0 Å². The van der Waals surface area contributed by atoms with Gasteiger partial charge in [-0.05, 0) is 118 Å². The number of rotatable bonds is 6. The fraction of sp³-hybridized carbons (Fsp3) is 0.786. The molecule has 0 heterocycles. The Hall–Kier alpha value is -1.19. The average molecular weight is 451 g/mol. The second-order valence-corrected chi connectivity index (χ2v) is 10.9. The lowest BCUT2D eigenvalue weighted by Gasteiger charge is -2.41. The Balaban J connectivity index is 1.32. The van der Waals surface area contributed by atoms with Crippen molar-refractivity contribution in [2.24, 2.45) is 29.6 Å². The minimum atomic E-state index is -2.80. The normalized spacial score (nSPS) is 33.9.